The van der Waals surface area contributed by atoms with Crippen LogP contribution in [0, 0.1) is 11.8 Å². The Bertz CT molecular complexity index is 507. The van der Waals surface area contributed by atoms with E-state index in [1.54, 1.807) is 6.92 Å². The average molecular weight is 259 g/mol. The number of carboxylic acids is 1. The molecule has 0 aliphatic carbocycles. The van der Waals surface area contributed by atoms with Crippen LogP contribution in [0.2, 0.25) is 0 Å². The molecule has 2 atom stereocenters. The second-order valence-corrected chi connectivity index (χ2v) is 6.05. The number of sulfonamides is 1. The number of rotatable bonds is 3. The lowest BCUT2D eigenvalue weighted by atomic mass is 9.99. The van der Waals surface area contributed by atoms with Crippen molar-refractivity contribution in [1.29, 1.82) is 0 Å². The fraction of sp³-hybridized carbons (Fsp3) is 0.500. The molecule has 1 aromatic heterocycles. The summed E-state index contributed by atoms with van der Waals surface area (Å²) >= 11 is 0. The van der Waals surface area contributed by atoms with Crippen LogP contribution in [0.1, 0.15) is 6.92 Å². The fourth-order valence-electron chi connectivity index (χ4n) is 1.98. The molecule has 17 heavy (non-hydrogen) atoms. The van der Waals surface area contributed by atoms with Gasteiger partial charge in [-0.15, -0.1) is 0 Å². The van der Waals surface area contributed by atoms with Crippen LogP contribution in [-0.4, -0.2) is 36.9 Å². The Hall–Kier alpha value is -1.34. The molecular formula is C10H13NO5S. The van der Waals surface area contributed by atoms with Gasteiger partial charge in [-0.3, -0.25) is 4.79 Å². The SMILES string of the molecule is C[C@@H]1CN(S(=O)(=O)c2ccco2)C[C@H]1C(=O)O. The summed E-state index contributed by atoms with van der Waals surface area (Å²) in [4.78, 5) is 10.9. The summed E-state index contributed by atoms with van der Waals surface area (Å²) in [6.45, 7) is 1.94. The van der Waals surface area contributed by atoms with Crippen molar-refractivity contribution >= 4 is 16.0 Å². The van der Waals surface area contributed by atoms with E-state index in [2.05, 4.69) is 0 Å². The third-order valence-electron chi connectivity index (χ3n) is 2.99. The molecule has 94 valence electrons. The Morgan fingerprint density at radius 1 is 1.53 bits per heavy atom. The molecule has 0 aromatic carbocycles. The van der Waals surface area contributed by atoms with Crippen LogP contribution in [0.15, 0.2) is 27.9 Å². The van der Waals surface area contributed by atoms with Gasteiger partial charge in [0.15, 0.2) is 0 Å². The summed E-state index contributed by atoms with van der Waals surface area (Å²) in [5, 5.41) is 8.81. The van der Waals surface area contributed by atoms with Crippen LogP contribution >= 0.6 is 0 Å². The maximum atomic E-state index is 12.0. The monoisotopic (exact) mass is 259 g/mol. The van der Waals surface area contributed by atoms with Crippen LogP contribution in [0.25, 0.3) is 0 Å². The molecule has 0 bridgehead atoms. The van der Waals surface area contributed by atoms with E-state index in [-0.39, 0.29) is 24.1 Å². The summed E-state index contributed by atoms with van der Waals surface area (Å²) in [5.41, 5.74) is 0. The minimum Gasteiger partial charge on any atom is -0.481 e. The zero-order valence-corrected chi connectivity index (χ0v) is 10.1. The molecule has 6 nitrogen and oxygen atoms in total. The normalized spacial score (nSPS) is 26.2. The predicted octanol–water partition coefficient (Wildman–Crippen LogP) is 0.621. The van der Waals surface area contributed by atoms with Crippen molar-refractivity contribution in [2.75, 3.05) is 13.1 Å². The standard InChI is InChI=1S/C10H13NO5S/c1-7-5-11(6-8(7)10(12)13)17(14,15)9-3-2-4-16-9/h2-4,7-8H,5-6H2,1H3,(H,12,13)/t7-,8-/m1/s1. The molecule has 1 aromatic rings. The van der Waals surface area contributed by atoms with Gasteiger partial charge in [-0.1, -0.05) is 6.92 Å². The van der Waals surface area contributed by atoms with Crippen LogP contribution in [-0.2, 0) is 14.8 Å². The molecule has 1 aliphatic rings. The first-order valence-electron chi connectivity index (χ1n) is 5.19. The number of aliphatic carboxylic acids is 1. The van der Waals surface area contributed by atoms with Gasteiger partial charge in [-0.2, -0.15) is 4.31 Å². The van der Waals surface area contributed by atoms with Crippen LogP contribution in [0.5, 0.6) is 0 Å². The number of nitrogens with zero attached hydrogens (tertiary/aromatic N) is 1. The van der Waals surface area contributed by atoms with Crippen molar-refractivity contribution in [3.63, 3.8) is 0 Å². The molecule has 2 heterocycles. The van der Waals surface area contributed by atoms with Crippen molar-refractivity contribution < 1.29 is 22.7 Å². The van der Waals surface area contributed by atoms with Crippen molar-refractivity contribution in [3.8, 4) is 0 Å². The minimum atomic E-state index is -3.69. The highest BCUT2D eigenvalue weighted by molar-refractivity contribution is 7.89. The Morgan fingerprint density at radius 2 is 2.24 bits per heavy atom. The molecule has 0 saturated carbocycles. The highest BCUT2D eigenvalue weighted by Crippen LogP contribution is 2.28. The van der Waals surface area contributed by atoms with E-state index in [1.165, 1.54) is 18.4 Å². The number of furan rings is 1. The second kappa shape index (κ2) is 4.15. The van der Waals surface area contributed by atoms with Gasteiger partial charge in [0.1, 0.15) is 0 Å². The second-order valence-electron chi connectivity index (χ2n) is 4.18. The van der Waals surface area contributed by atoms with E-state index in [0.717, 1.165) is 4.31 Å². The molecule has 2 rings (SSSR count). The smallest absolute Gasteiger partial charge is 0.308 e. The Kier molecular flexibility index (Phi) is 2.96. The number of carbonyl (C=O) groups is 1. The molecular weight excluding hydrogens is 246 g/mol. The van der Waals surface area contributed by atoms with Gasteiger partial charge in [-0.05, 0) is 18.1 Å². The van der Waals surface area contributed by atoms with Gasteiger partial charge in [0.25, 0.3) is 10.0 Å². The van der Waals surface area contributed by atoms with Gasteiger partial charge in [0.2, 0.25) is 5.09 Å². The lowest BCUT2D eigenvalue weighted by Crippen LogP contribution is -2.29. The van der Waals surface area contributed by atoms with Gasteiger partial charge in [0.05, 0.1) is 12.2 Å². The summed E-state index contributed by atoms with van der Waals surface area (Å²) in [6, 6.07) is 2.84. The number of hydrogen-bond acceptors (Lipinski definition) is 4. The molecule has 0 unspecified atom stereocenters. The first-order valence-corrected chi connectivity index (χ1v) is 6.63. The van der Waals surface area contributed by atoms with Crippen molar-refractivity contribution in [2.24, 2.45) is 11.8 Å². The van der Waals surface area contributed by atoms with Gasteiger partial charge in [-0.25, -0.2) is 8.42 Å². The van der Waals surface area contributed by atoms with Crippen molar-refractivity contribution in [3.05, 3.63) is 18.4 Å². The molecule has 1 saturated heterocycles. The molecule has 7 heteroatoms. The Labute approximate surface area is 98.9 Å². The Balaban J connectivity index is 2.24. The van der Waals surface area contributed by atoms with Gasteiger partial charge < -0.3 is 9.52 Å². The average Bonchev–Trinajstić information content (AvgIpc) is 2.84. The van der Waals surface area contributed by atoms with E-state index >= 15 is 0 Å². The highest BCUT2D eigenvalue weighted by atomic mass is 32.2. The molecule has 0 amide bonds. The predicted molar refractivity (Wildman–Crippen MR) is 57.8 cm³/mol. The number of carboxylic acid groups (broad SMARTS) is 1. The lowest BCUT2D eigenvalue weighted by molar-refractivity contribution is -0.142. The lowest BCUT2D eigenvalue weighted by Gasteiger charge is -2.13. The maximum Gasteiger partial charge on any atom is 0.308 e. The summed E-state index contributed by atoms with van der Waals surface area (Å²) in [5.74, 6) is -1.81. The van der Waals surface area contributed by atoms with E-state index < -0.39 is 21.9 Å². The summed E-state index contributed by atoms with van der Waals surface area (Å²) < 4.78 is 30.1. The van der Waals surface area contributed by atoms with Crippen LogP contribution < -0.4 is 0 Å². The summed E-state index contributed by atoms with van der Waals surface area (Å²) in [7, 11) is -3.69. The topological polar surface area (TPSA) is 87.8 Å². The number of hydrogen-bond donors (Lipinski definition) is 1. The third kappa shape index (κ3) is 2.07. The molecule has 0 spiro atoms. The zero-order valence-electron chi connectivity index (χ0n) is 9.24. The maximum absolute atomic E-state index is 12.0. The van der Waals surface area contributed by atoms with Crippen molar-refractivity contribution in [1.82, 2.24) is 4.31 Å². The third-order valence-corrected chi connectivity index (χ3v) is 4.70. The van der Waals surface area contributed by atoms with E-state index in [4.69, 9.17) is 9.52 Å². The van der Waals surface area contributed by atoms with Gasteiger partial charge in [0, 0.05) is 13.1 Å². The quantitative estimate of drug-likeness (QED) is 0.859. The Morgan fingerprint density at radius 3 is 2.71 bits per heavy atom. The van der Waals surface area contributed by atoms with Crippen molar-refractivity contribution in [2.45, 2.75) is 12.0 Å². The molecule has 1 aliphatic heterocycles. The fourth-order valence-corrected chi connectivity index (χ4v) is 3.45. The zero-order chi connectivity index (χ0) is 12.6. The van der Waals surface area contributed by atoms with E-state index in [1.807, 2.05) is 0 Å². The molecule has 1 N–H and O–H groups in total. The minimum absolute atomic E-state index is 0.000463. The van der Waals surface area contributed by atoms with E-state index in [9.17, 15) is 13.2 Å². The van der Waals surface area contributed by atoms with E-state index in [0.29, 0.717) is 0 Å². The largest absolute Gasteiger partial charge is 0.481 e. The van der Waals surface area contributed by atoms with Gasteiger partial charge >= 0.3 is 5.97 Å². The first-order chi connectivity index (χ1) is 7.93. The molecule has 0 radical (unpaired) electrons. The molecule has 1 fully saturated rings. The first kappa shape index (κ1) is 12.1. The van der Waals surface area contributed by atoms with Crippen LogP contribution in [0.3, 0.4) is 0 Å². The van der Waals surface area contributed by atoms with Crippen LogP contribution in [0.4, 0.5) is 0 Å². The highest BCUT2D eigenvalue weighted by Gasteiger charge is 2.41. The summed E-state index contributed by atoms with van der Waals surface area (Å²) in [6.07, 6.45) is 1.28.